The van der Waals surface area contributed by atoms with Crippen LogP contribution in [0.4, 0.5) is 8.78 Å². The Morgan fingerprint density at radius 2 is 2.29 bits per heavy atom. The van der Waals surface area contributed by atoms with Gasteiger partial charge in [-0.25, -0.2) is 8.78 Å². The highest BCUT2D eigenvalue weighted by Gasteiger charge is 2.04. The van der Waals surface area contributed by atoms with Gasteiger partial charge in [0.2, 0.25) is 0 Å². The molecule has 0 fully saturated rings. The number of amidine groups is 1. The highest BCUT2D eigenvalue weighted by Crippen LogP contribution is 2.03. The van der Waals surface area contributed by atoms with Crippen LogP contribution in [0, 0.1) is 0 Å². The van der Waals surface area contributed by atoms with E-state index in [0.717, 1.165) is 31.6 Å². The van der Waals surface area contributed by atoms with Gasteiger partial charge < -0.3 is 10.1 Å². The predicted octanol–water partition coefficient (Wildman–Crippen LogP) is 1.44. The minimum Gasteiger partial charge on any atom is -0.374 e. The van der Waals surface area contributed by atoms with E-state index >= 15 is 0 Å². The predicted molar refractivity (Wildman–Crippen MR) is 51.0 cm³/mol. The van der Waals surface area contributed by atoms with E-state index in [1.165, 1.54) is 0 Å². The van der Waals surface area contributed by atoms with Crippen LogP contribution in [0.1, 0.15) is 19.3 Å². The summed E-state index contributed by atoms with van der Waals surface area (Å²) in [5, 5.41) is 3.08. The molecule has 0 aromatic heterocycles. The molecular formula is C9H16F2N2O. The number of hydrogen-bond acceptors (Lipinski definition) is 3. The molecule has 0 bridgehead atoms. The summed E-state index contributed by atoms with van der Waals surface area (Å²) < 4.78 is 28.0. The summed E-state index contributed by atoms with van der Waals surface area (Å²) in [7, 11) is 0. The fourth-order valence-electron chi connectivity index (χ4n) is 1.28. The average Bonchev–Trinajstić information content (AvgIpc) is 2.18. The van der Waals surface area contributed by atoms with Crippen LogP contribution in [0.5, 0.6) is 0 Å². The first kappa shape index (κ1) is 11.4. The first-order valence-electron chi connectivity index (χ1n) is 4.92. The Bertz CT molecular complexity index is 186. The van der Waals surface area contributed by atoms with E-state index in [0.29, 0.717) is 13.2 Å². The molecule has 1 rings (SSSR count). The molecule has 0 radical (unpaired) electrons. The topological polar surface area (TPSA) is 33.6 Å². The third-order valence-electron chi connectivity index (χ3n) is 1.94. The van der Waals surface area contributed by atoms with E-state index in [-0.39, 0.29) is 0 Å². The summed E-state index contributed by atoms with van der Waals surface area (Å²) >= 11 is 0. The van der Waals surface area contributed by atoms with Gasteiger partial charge in [-0.2, -0.15) is 0 Å². The summed E-state index contributed by atoms with van der Waals surface area (Å²) in [6, 6.07) is 0. The highest BCUT2D eigenvalue weighted by atomic mass is 19.3. The van der Waals surface area contributed by atoms with Gasteiger partial charge in [0, 0.05) is 19.5 Å². The van der Waals surface area contributed by atoms with Crippen molar-refractivity contribution in [3.63, 3.8) is 0 Å². The van der Waals surface area contributed by atoms with Gasteiger partial charge in [0.05, 0.1) is 12.4 Å². The molecule has 3 nitrogen and oxygen atoms in total. The summed E-state index contributed by atoms with van der Waals surface area (Å²) in [5.74, 6) is 0.983. The van der Waals surface area contributed by atoms with Gasteiger partial charge in [-0.3, -0.25) is 4.99 Å². The van der Waals surface area contributed by atoms with E-state index in [1.54, 1.807) is 0 Å². The zero-order valence-electron chi connectivity index (χ0n) is 8.14. The highest BCUT2D eigenvalue weighted by molar-refractivity contribution is 5.82. The molecule has 1 aliphatic heterocycles. The second kappa shape index (κ2) is 6.70. The van der Waals surface area contributed by atoms with Crippen molar-refractivity contribution in [2.75, 3.05) is 26.3 Å². The van der Waals surface area contributed by atoms with Crippen molar-refractivity contribution in [2.24, 2.45) is 4.99 Å². The molecule has 0 saturated heterocycles. The lowest BCUT2D eigenvalue weighted by molar-refractivity contribution is 0.0197. The van der Waals surface area contributed by atoms with Gasteiger partial charge in [-0.1, -0.05) is 0 Å². The maximum Gasteiger partial charge on any atom is 0.261 e. The van der Waals surface area contributed by atoms with Crippen molar-refractivity contribution in [3.05, 3.63) is 0 Å². The van der Waals surface area contributed by atoms with E-state index in [1.807, 2.05) is 0 Å². The quantitative estimate of drug-likeness (QED) is 0.690. The molecule has 0 spiro atoms. The molecule has 0 aromatic rings. The van der Waals surface area contributed by atoms with E-state index in [9.17, 15) is 8.78 Å². The van der Waals surface area contributed by atoms with Crippen LogP contribution in [0.15, 0.2) is 4.99 Å². The van der Waals surface area contributed by atoms with Crippen LogP contribution in [0.25, 0.3) is 0 Å². The second-order valence-electron chi connectivity index (χ2n) is 3.18. The Morgan fingerprint density at radius 3 is 2.93 bits per heavy atom. The van der Waals surface area contributed by atoms with Crippen LogP contribution >= 0.6 is 0 Å². The average molecular weight is 206 g/mol. The number of nitrogens with one attached hydrogen (secondary N) is 1. The Hall–Kier alpha value is -0.710. The number of halogens is 2. The molecule has 0 aromatic carbocycles. The Labute approximate surface area is 82.5 Å². The van der Waals surface area contributed by atoms with Crippen LogP contribution in [-0.2, 0) is 4.74 Å². The summed E-state index contributed by atoms with van der Waals surface area (Å²) in [6.45, 7) is 1.27. The zero-order valence-corrected chi connectivity index (χ0v) is 8.14. The minimum absolute atomic E-state index is 0.309. The van der Waals surface area contributed by atoms with Gasteiger partial charge >= 0.3 is 0 Å². The molecule has 0 saturated carbocycles. The van der Waals surface area contributed by atoms with Crippen LogP contribution in [-0.4, -0.2) is 38.6 Å². The van der Waals surface area contributed by atoms with E-state index in [4.69, 9.17) is 4.74 Å². The third-order valence-corrected chi connectivity index (χ3v) is 1.94. The molecule has 0 aliphatic carbocycles. The van der Waals surface area contributed by atoms with E-state index in [2.05, 4.69) is 10.3 Å². The molecule has 14 heavy (non-hydrogen) atoms. The van der Waals surface area contributed by atoms with Crippen molar-refractivity contribution < 1.29 is 13.5 Å². The molecule has 0 amide bonds. The zero-order chi connectivity index (χ0) is 10.2. The number of nitrogens with zero attached hydrogens (tertiary/aromatic N) is 1. The maximum atomic E-state index is 11.6. The van der Waals surface area contributed by atoms with Gasteiger partial charge in [0.1, 0.15) is 6.61 Å². The van der Waals surface area contributed by atoms with Crippen molar-refractivity contribution in [3.8, 4) is 0 Å². The van der Waals surface area contributed by atoms with Gasteiger partial charge in [-0.05, 0) is 12.8 Å². The van der Waals surface area contributed by atoms with Gasteiger partial charge in [0.25, 0.3) is 6.43 Å². The molecule has 1 N–H and O–H groups in total. The molecule has 5 heteroatoms. The first-order chi connectivity index (χ1) is 6.79. The normalized spacial score (nSPS) is 16.9. The number of ether oxygens (including phenoxy) is 1. The summed E-state index contributed by atoms with van der Waals surface area (Å²) in [5.41, 5.74) is 0. The maximum absolute atomic E-state index is 11.6. The van der Waals surface area contributed by atoms with Crippen LogP contribution < -0.4 is 5.32 Å². The Morgan fingerprint density at radius 1 is 1.43 bits per heavy atom. The van der Waals surface area contributed by atoms with Crippen LogP contribution in [0.3, 0.4) is 0 Å². The molecule has 0 atom stereocenters. The number of rotatable bonds is 5. The molecule has 0 unspecified atom stereocenters. The SMILES string of the molecule is FC(F)COCCNC1=NCCCC1. The molecule has 1 heterocycles. The fourth-order valence-corrected chi connectivity index (χ4v) is 1.28. The minimum atomic E-state index is -2.37. The molecule has 1 aliphatic rings. The van der Waals surface area contributed by atoms with Gasteiger partial charge in [-0.15, -0.1) is 0 Å². The van der Waals surface area contributed by atoms with Gasteiger partial charge in [0.15, 0.2) is 0 Å². The third kappa shape index (κ3) is 5.11. The second-order valence-corrected chi connectivity index (χ2v) is 3.18. The van der Waals surface area contributed by atoms with Crippen molar-refractivity contribution in [1.29, 1.82) is 0 Å². The number of hydrogen-bond donors (Lipinski definition) is 1. The lowest BCUT2D eigenvalue weighted by Gasteiger charge is -2.13. The molecular weight excluding hydrogens is 190 g/mol. The smallest absolute Gasteiger partial charge is 0.261 e. The molecule has 82 valence electrons. The van der Waals surface area contributed by atoms with Crippen molar-refractivity contribution in [2.45, 2.75) is 25.7 Å². The Kier molecular flexibility index (Phi) is 5.44. The lowest BCUT2D eigenvalue weighted by Crippen LogP contribution is -2.29. The Balaban J connectivity index is 1.95. The van der Waals surface area contributed by atoms with Crippen molar-refractivity contribution >= 4 is 5.84 Å². The lowest BCUT2D eigenvalue weighted by atomic mass is 10.2. The summed E-state index contributed by atoms with van der Waals surface area (Å²) in [6.07, 6.45) is 0.896. The standard InChI is InChI=1S/C9H16F2N2O/c10-8(11)7-14-6-5-13-9-3-1-2-4-12-9/h8H,1-7H2,(H,12,13). The van der Waals surface area contributed by atoms with Crippen LogP contribution in [0.2, 0.25) is 0 Å². The first-order valence-corrected chi connectivity index (χ1v) is 4.92. The monoisotopic (exact) mass is 206 g/mol. The summed E-state index contributed by atoms with van der Waals surface area (Å²) in [4.78, 5) is 4.26. The fraction of sp³-hybridized carbons (Fsp3) is 0.889. The number of alkyl halides is 2. The van der Waals surface area contributed by atoms with E-state index < -0.39 is 13.0 Å². The van der Waals surface area contributed by atoms with Crippen molar-refractivity contribution in [1.82, 2.24) is 5.32 Å². The largest absolute Gasteiger partial charge is 0.374 e. The number of aliphatic imine (C=N–C) groups is 1.